The molecule has 1 aliphatic heterocycles. The maximum absolute atomic E-state index is 12.5. The van der Waals surface area contributed by atoms with E-state index in [4.69, 9.17) is 0 Å². The van der Waals surface area contributed by atoms with Crippen LogP contribution in [0.3, 0.4) is 0 Å². The zero-order valence-electron chi connectivity index (χ0n) is 12.6. The van der Waals surface area contributed by atoms with E-state index in [2.05, 4.69) is 18.4 Å². The Balaban J connectivity index is 1.90. The summed E-state index contributed by atoms with van der Waals surface area (Å²) in [5.74, 6) is 0.428. The Morgan fingerprint density at radius 3 is 3.10 bits per heavy atom. The Kier molecular flexibility index (Phi) is 5.96. The van der Waals surface area contributed by atoms with E-state index in [1.807, 2.05) is 22.4 Å². The van der Waals surface area contributed by atoms with E-state index >= 15 is 0 Å². The Hall–Kier alpha value is -1.17. The van der Waals surface area contributed by atoms with Crippen molar-refractivity contribution in [2.45, 2.75) is 26.0 Å². The van der Waals surface area contributed by atoms with Gasteiger partial charge in [0.05, 0.1) is 19.2 Å². The van der Waals surface area contributed by atoms with E-state index in [0.29, 0.717) is 32.1 Å². The molecule has 5 heteroatoms. The van der Waals surface area contributed by atoms with Crippen LogP contribution in [0.1, 0.15) is 18.2 Å². The van der Waals surface area contributed by atoms with Crippen LogP contribution in [0.5, 0.6) is 0 Å². The van der Waals surface area contributed by atoms with Crippen LogP contribution in [-0.4, -0.2) is 53.1 Å². The third-order valence-electron chi connectivity index (χ3n) is 3.99. The summed E-state index contributed by atoms with van der Waals surface area (Å²) in [5.41, 5.74) is 0. The molecule has 0 saturated carbocycles. The van der Waals surface area contributed by atoms with E-state index in [0.717, 1.165) is 13.0 Å². The lowest BCUT2D eigenvalue weighted by atomic mass is 9.96. The standard InChI is InChI=1S/C16H24N2O2S/c1-3-7-18(10-14-5-4-9-21-14)16(20)12-17-8-6-13(2)15(19)11-17/h3-5,9,13,15,19H,1,6-8,10-12H2,2H3. The molecule has 1 aliphatic rings. The van der Waals surface area contributed by atoms with Gasteiger partial charge >= 0.3 is 0 Å². The summed E-state index contributed by atoms with van der Waals surface area (Å²) in [5, 5.41) is 12.0. The Bertz CT molecular complexity index is 461. The number of carbonyl (C=O) groups is 1. The van der Waals surface area contributed by atoms with Crippen LogP contribution in [0.15, 0.2) is 30.2 Å². The summed E-state index contributed by atoms with van der Waals surface area (Å²) in [7, 11) is 0. The van der Waals surface area contributed by atoms with Gasteiger partial charge < -0.3 is 10.0 Å². The van der Waals surface area contributed by atoms with E-state index in [9.17, 15) is 9.90 Å². The molecule has 2 rings (SSSR count). The first kappa shape index (κ1) is 16.2. The number of carbonyl (C=O) groups excluding carboxylic acids is 1. The molecule has 1 fully saturated rings. The number of likely N-dealkylation sites (tertiary alicyclic amines) is 1. The lowest BCUT2D eigenvalue weighted by molar-refractivity contribution is -0.133. The first-order chi connectivity index (χ1) is 10.1. The fourth-order valence-electron chi connectivity index (χ4n) is 2.55. The molecule has 0 spiro atoms. The minimum absolute atomic E-state index is 0.102. The summed E-state index contributed by atoms with van der Waals surface area (Å²) in [4.78, 5) is 17.5. The number of aliphatic hydroxyl groups is 1. The zero-order valence-corrected chi connectivity index (χ0v) is 13.4. The topological polar surface area (TPSA) is 43.8 Å². The van der Waals surface area contributed by atoms with E-state index in [1.165, 1.54) is 4.88 Å². The van der Waals surface area contributed by atoms with Gasteiger partial charge in [0.1, 0.15) is 0 Å². The van der Waals surface area contributed by atoms with Gasteiger partial charge in [-0.1, -0.05) is 19.1 Å². The summed E-state index contributed by atoms with van der Waals surface area (Å²) < 4.78 is 0. The van der Waals surface area contributed by atoms with Crippen molar-refractivity contribution in [2.24, 2.45) is 5.92 Å². The molecule has 2 unspecified atom stereocenters. The van der Waals surface area contributed by atoms with Gasteiger partial charge in [0, 0.05) is 18.0 Å². The quantitative estimate of drug-likeness (QED) is 0.817. The van der Waals surface area contributed by atoms with Crippen LogP contribution in [0.4, 0.5) is 0 Å². The maximum Gasteiger partial charge on any atom is 0.237 e. The molecule has 1 aromatic heterocycles. The predicted molar refractivity (Wildman–Crippen MR) is 86.2 cm³/mol. The molecular weight excluding hydrogens is 284 g/mol. The van der Waals surface area contributed by atoms with Gasteiger partial charge in [-0.3, -0.25) is 9.69 Å². The second kappa shape index (κ2) is 7.73. The van der Waals surface area contributed by atoms with E-state index in [1.54, 1.807) is 17.4 Å². The zero-order chi connectivity index (χ0) is 15.2. The molecule has 0 aliphatic carbocycles. The highest BCUT2D eigenvalue weighted by Gasteiger charge is 2.26. The third-order valence-corrected chi connectivity index (χ3v) is 4.85. The van der Waals surface area contributed by atoms with Gasteiger partial charge in [0.15, 0.2) is 0 Å². The average molecular weight is 308 g/mol. The number of piperidine rings is 1. The van der Waals surface area contributed by atoms with Gasteiger partial charge in [-0.2, -0.15) is 0 Å². The first-order valence-electron chi connectivity index (χ1n) is 7.41. The maximum atomic E-state index is 12.5. The second-order valence-corrected chi connectivity index (χ2v) is 6.74. The highest BCUT2D eigenvalue weighted by molar-refractivity contribution is 7.09. The van der Waals surface area contributed by atoms with Gasteiger partial charge in [0.2, 0.25) is 5.91 Å². The van der Waals surface area contributed by atoms with Gasteiger partial charge in [-0.15, -0.1) is 17.9 Å². The van der Waals surface area contributed by atoms with Crippen molar-refractivity contribution in [1.29, 1.82) is 0 Å². The summed E-state index contributed by atoms with van der Waals surface area (Å²) in [6.07, 6.45) is 2.39. The summed E-state index contributed by atoms with van der Waals surface area (Å²) in [6.45, 7) is 8.84. The highest BCUT2D eigenvalue weighted by Crippen LogP contribution is 2.17. The number of nitrogens with zero attached hydrogens (tertiary/aromatic N) is 2. The number of rotatable bonds is 6. The fraction of sp³-hybridized carbons (Fsp3) is 0.562. The Labute approximate surface area is 130 Å². The molecule has 1 amide bonds. The normalized spacial score (nSPS) is 23.0. The number of aliphatic hydroxyl groups excluding tert-OH is 1. The fourth-order valence-corrected chi connectivity index (χ4v) is 3.27. The molecule has 116 valence electrons. The number of hydrogen-bond donors (Lipinski definition) is 1. The van der Waals surface area contributed by atoms with E-state index in [-0.39, 0.29) is 12.0 Å². The lowest BCUT2D eigenvalue weighted by Crippen LogP contribution is -2.47. The molecule has 21 heavy (non-hydrogen) atoms. The highest BCUT2D eigenvalue weighted by atomic mass is 32.1. The smallest absolute Gasteiger partial charge is 0.237 e. The van der Waals surface area contributed by atoms with Crippen LogP contribution in [0.25, 0.3) is 0 Å². The van der Waals surface area contributed by atoms with Crippen molar-refractivity contribution in [3.8, 4) is 0 Å². The molecule has 2 heterocycles. The molecule has 1 saturated heterocycles. The number of thiophene rings is 1. The molecule has 0 aromatic carbocycles. The Morgan fingerprint density at radius 2 is 2.48 bits per heavy atom. The Morgan fingerprint density at radius 1 is 1.67 bits per heavy atom. The van der Waals surface area contributed by atoms with Crippen LogP contribution in [-0.2, 0) is 11.3 Å². The van der Waals surface area contributed by atoms with Crippen LogP contribution >= 0.6 is 11.3 Å². The van der Waals surface area contributed by atoms with Gasteiger partial charge in [-0.05, 0) is 30.3 Å². The predicted octanol–water partition coefficient (Wildman–Crippen LogP) is 1.97. The first-order valence-corrected chi connectivity index (χ1v) is 8.29. The molecular formula is C16H24N2O2S. The third kappa shape index (κ3) is 4.66. The minimum Gasteiger partial charge on any atom is -0.392 e. The van der Waals surface area contributed by atoms with Crippen molar-refractivity contribution in [2.75, 3.05) is 26.2 Å². The van der Waals surface area contributed by atoms with Crippen LogP contribution in [0, 0.1) is 5.92 Å². The van der Waals surface area contributed by atoms with Crippen molar-refractivity contribution in [3.05, 3.63) is 35.0 Å². The molecule has 0 bridgehead atoms. The minimum atomic E-state index is -0.322. The molecule has 1 N–H and O–H groups in total. The number of hydrogen-bond acceptors (Lipinski definition) is 4. The van der Waals surface area contributed by atoms with Gasteiger partial charge in [-0.25, -0.2) is 0 Å². The van der Waals surface area contributed by atoms with E-state index < -0.39 is 0 Å². The van der Waals surface area contributed by atoms with Crippen molar-refractivity contribution in [1.82, 2.24) is 9.80 Å². The average Bonchev–Trinajstić information content (AvgIpc) is 2.95. The SMILES string of the molecule is C=CCN(Cc1cccs1)C(=O)CN1CCC(C)C(O)C1. The summed E-state index contributed by atoms with van der Waals surface area (Å²) >= 11 is 1.66. The van der Waals surface area contributed by atoms with Crippen molar-refractivity contribution in [3.63, 3.8) is 0 Å². The number of amides is 1. The number of β-amino-alcohol motifs (C(OH)–C–C–N with tert-alkyl or cyclic N) is 1. The summed E-state index contributed by atoms with van der Waals surface area (Å²) in [6, 6.07) is 4.04. The van der Waals surface area contributed by atoms with Crippen LogP contribution in [0.2, 0.25) is 0 Å². The van der Waals surface area contributed by atoms with Gasteiger partial charge in [0.25, 0.3) is 0 Å². The molecule has 4 nitrogen and oxygen atoms in total. The largest absolute Gasteiger partial charge is 0.392 e. The monoisotopic (exact) mass is 308 g/mol. The van der Waals surface area contributed by atoms with Crippen LogP contribution < -0.4 is 0 Å². The van der Waals surface area contributed by atoms with Crippen molar-refractivity contribution < 1.29 is 9.90 Å². The lowest BCUT2D eigenvalue weighted by Gasteiger charge is -2.34. The molecule has 1 aromatic rings. The van der Waals surface area contributed by atoms with Crippen molar-refractivity contribution >= 4 is 17.2 Å². The molecule has 2 atom stereocenters. The molecule has 0 radical (unpaired) electrons. The second-order valence-electron chi connectivity index (χ2n) is 5.71.